The lowest BCUT2D eigenvalue weighted by Crippen LogP contribution is -2.55. The number of nitrogens with one attached hydrogen (secondary N) is 1. The maximum atomic E-state index is 13.7. The number of hydrogen-bond donors (Lipinski definition) is 2. The predicted octanol–water partition coefficient (Wildman–Crippen LogP) is 2.15. The molecule has 0 bridgehead atoms. The van der Waals surface area contributed by atoms with Crippen LogP contribution in [0.1, 0.15) is 31.3 Å². The molecular weight excluding hydrogens is 448 g/mol. The van der Waals surface area contributed by atoms with Gasteiger partial charge in [-0.15, -0.1) is 0 Å². The van der Waals surface area contributed by atoms with Crippen LogP contribution in [-0.4, -0.2) is 67.9 Å². The first-order valence-corrected chi connectivity index (χ1v) is 10.6. The zero-order valence-corrected chi connectivity index (χ0v) is 17.8. The van der Waals surface area contributed by atoms with Crippen molar-refractivity contribution in [1.29, 1.82) is 0 Å². The van der Waals surface area contributed by atoms with Crippen molar-refractivity contribution in [2.45, 2.75) is 38.2 Å². The van der Waals surface area contributed by atoms with E-state index in [9.17, 15) is 31.9 Å². The standard InChI is InChI=1S/C21H26F4N4O4/c22-16(23)10-28(9-12-2-1-3-12)18(20(26)31)21(32)27-13-4-5-15(14(8-13)19(24)25)29-6-7-33-11-17(29)30/h4-5,8,12,16,18-19H,1-3,6-7,9-11H2,(H2,26,31)(H,27,32)/t18-/m1/s1. The number of anilines is 2. The highest BCUT2D eigenvalue weighted by Crippen LogP contribution is 2.33. The molecule has 0 aromatic heterocycles. The number of benzene rings is 1. The molecule has 1 aromatic carbocycles. The van der Waals surface area contributed by atoms with Crippen LogP contribution < -0.4 is 16.0 Å². The second-order valence-electron chi connectivity index (χ2n) is 8.11. The minimum Gasteiger partial charge on any atom is -0.370 e. The van der Waals surface area contributed by atoms with Gasteiger partial charge in [0.15, 0.2) is 6.04 Å². The van der Waals surface area contributed by atoms with E-state index in [0.29, 0.717) is 0 Å². The fraction of sp³-hybridized carbons (Fsp3) is 0.571. The van der Waals surface area contributed by atoms with Crippen LogP contribution in [0.5, 0.6) is 0 Å². The van der Waals surface area contributed by atoms with Crippen LogP contribution >= 0.6 is 0 Å². The maximum Gasteiger partial charge on any atom is 0.265 e. The molecule has 33 heavy (non-hydrogen) atoms. The molecule has 12 heteroatoms. The smallest absolute Gasteiger partial charge is 0.265 e. The first-order chi connectivity index (χ1) is 15.7. The third kappa shape index (κ3) is 6.20. The van der Waals surface area contributed by atoms with E-state index >= 15 is 0 Å². The molecule has 3 N–H and O–H groups in total. The number of primary amides is 1. The van der Waals surface area contributed by atoms with Gasteiger partial charge >= 0.3 is 0 Å². The molecule has 3 amide bonds. The molecule has 2 fully saturated rings. The van der Waals surface area contributed by atoms with Gasteiger partial charge in [0.2, 0.25) is 5.91 Å². The number of rotatable bonds is 10. The van der Waals surface area contributed by atoms with Crippen molar-refractivity contribution >= 4 is 29.1 Å². The van der Waals surface area contributed by atoms with Gasteiger partial charge in [-0.2, -0.15) is 0 Å². The summed E-state index contributed by atoms with van der Waals surface area (Å²) >= 11 is 0. The number of ether oxygens (including phenoxy) is 1. The highest BCUT2D eigenvalue weighted by molar-refractivity contribution is 6.09. The van der Waals surface area contributed by atoms with E-state index in [2.05, 4.69) is 5.32 Å². The fourth-order valence-electron chi connectivity index (χ4n) is 3.98. The second-order valence-corrected chi connectivity index (χ2v) is 8.11. The van der Waals surface area contributed by atoms with Crippen LogP contribution in [0.25, 0.3) is 0 Å². The number of halogens is 4. The number of nitrogens with two attached hydrogens (primary N) is 1. The van der Waals surface area contributed by atoms with Crippen LogP contribution in [0.2, 0.25) is 0 Å². The highest BCUT2D eigenvalue weighted by Gasteiger charge is 2.36. The highest BCUT2D eigenvalue weighted by atomic mass is 19.3. The largest absolute Gasteiger partial charge is 0.370 e. The Balaban J connectivity index is 1.81. The number of carbonyl (C=O) groups is 3. The summed E-state index contributed by atoms with van der Waals surface area (Å²) < 4.78 is 58.7. The monoisotopic (exact) mass is 474 g/mol. The van der Waals surface area contributed by atoms with Gasteiger partial charge in [0.25, 0.3) is 24.7 Å². The minimum absolute atomic E-state index is 0.0212. The molecule has 8 nitrogen and oxygen atoms in total. The molecule has 1 atom stereocenters. The van der Waals surface area contributed by atoms with Gasteiger partial charge < -0.3 is 20.7 Å². The summed E-state index contributed by atoms with van der Waals surface area (Å²) in [7, 11) is 0. The number of carbonyl (C=O) groups excluding carboxylic acids is 3. The Hall–Kier alpha value is -2.73. The summed E-state index contributed by atoms with van der Waals surface area (Å²) in [5, 5.41) is 2.34. The third-order valence-corrected chi connectivity index (χ3v) is 5.78. The molecule has 3 rings (SSSR count). The number of amides is 3. The molecule has 0 unspecified atom stereocenters. The average molecular weight is 474 g/mol. The Bertz CT molecular complexity index is 882. The molecule has 1 heterocycles. The summed E-state index contributed by atoms with van der Waals surface area (Å²) in [6, 6.07) is 1.85. The lowest BCUT2D eigenvalue weighted by molar-refractivity contribution is -0.134. The number of nitrogens with zero attached hydrogens (tertiary/aromatic N) is 2. The van der Waals surface area contributed by atoms with E-state index < -0.39 is 48.7 Å². The van der Waals surface area contributed by atoms with Crippen molar-refractivity contribution in [1.82, 2.24) is 4.90 Å². The van der Waals surface area contributed by atoms with Gasteiger partial charge in [0, 0.05) is 24.3 Å². The first-order valence-electron chi connectivity index (χ1n) is 10.6. The van der Waals surface area contributed by atoms with Gasteiger partial charge in [-0.1, -0.05) is 6.42 Å². The van der Waals surface area contributed by atoms with Crippen molar-refractivity contribution in [2.75, 3.05) is 43.1 Å². The Morgan fingerprint density at radius 2 is 1.97 bits per heavy atom. The maximum absolute atomic E-state index is 13.7. The normalized spacial score (nSPS) is 18.0. The zero-order chi connectivity index (χ0) is 24.1. The molecule has 1 saturated heterocycles. The third-order valence-electron chi connectivity index (χ3n) is 5.78. The van der Waals surface area contributed by atoms with E-state index in [4.69, 9.17) is 10.5 Å². The molecule has 1 saturated carbocycles. The lowest BCUT2D eigenvalue weighted by atomic mass is 9.85. The fourth-order valence-corrected chi connectivity index (χ4v) is 3.98. The molecule has 182 valence electrons. The van der Waals surface area contributed by atoms with Gasteiger partial charge in [-0.05, 0) is 37.0 Å². The summed E-state index contributed by atoms with van der Waals surface area (Å²) in [5.74, 6) is -2.50. The molecular formula is C21H26F4N4O4. The topological polar surface area (TPSA) is 105 Å². The van der Waals surface area contributed by atoms with Crippen LogP contribution in [-0.2, 0) is 19.1 Å². The van der Waals surface area contributed by atoms with Crippen molar-refractivity contribution in [3.63, 3.8) is 0 Å². The average Bonchev–Trinajstić information content (AvgIpc) is 2.70. The van der Waals surface area contributed by atoms with E-state index in [1.807, 2.05) is 0 Å². The summed E-state index contributed by atoms with van der Waals surface area (Å²) in [6.45, 7) is -0.669. The van der Waals surface area contributed by atoms with Crippen molar-refractivity contribution in [2.24, 2.45) is 11.7 Å². The summed E-state index contributed by atoms with van der Waals surface area (Å²) in [5.41, 5.74) is 4.76. The van der Waals surface area contributed by atoms with Crippen LogP contribution in [0.3, 0.4) is 0 Å². The van der Waals surface area contributed by atoms with Crippen LogP contribution in [0, 0.1) is 5.92 Å². The number of hydrogen-bond acceptors (Lipinski definition) is 5. The van der Waals surface area contributed by atoms with Crippen LogP contribution in [0.4, 0.5) is 28.9 Å². The van der Waals surface area contributed by atoms with Crippen LogP contribution in [0.15, 0.2) is 18.2 Å². The molecule has 1 aliphatic heterocycles. The summed E-state index contributed by atoms with van der Waals surface area (Å²) in [6.07, 6.45) is -3.22. The van der Waals surface area contributed by atoms with E-state index in [1.54, 1.807) is 0 Å². The lowest BCUT2D eigenvalue weighted by Gasteiger charge is -2.35. The minimum atomic E-state index is -2.96. The summed E-state index contributed by atoms with van der Waals surface area (Å²) in [4.78, 5) is 39.1. The van der Waals surface area contributed by atoms with Gasteiger partial charge in [-0.3, -0.25) is 19.3 Å². The van der Waals surface area contributed by atoms with Crippen molar-refractivity contribution < 1.29 is 36.7 Å². The number of alkyl halides is 4. The van der Waals surface area contributed by atoms with Crippen molar-refractivity contribution in [3.8, 4) is 0 Å². The molecule has 2 aliphatic rings. The SMILES string of the molecule is NC(=O)[C@H](C(=O)Nc1ccc(N2CCOCC2=O)c(C(F)F)c1)N(CC(F)F)CC1CCC1. The molecule has 0 radical (unpaired) electrons. The Morgan fingerprint density at radius 1 is 1.24 bits per heavy atom. The molecule has 0 spiro atoms. The molecule has 1 aliphatic carbocycles. The Morgan fingerprint density at radius 3 is 2.52 bits per heavy atom. The Kier molecular flexibility index (Phi) is 8.25. The predicted molar refractivity (Wildman–Crippen MR) is 111 cm³/mol. The van der Waals surface area contributed by atoms with Gasteiger partial charge in [0.1, 0.15) is 6.61 Å². The van der Waals surface area contributed by atoms with E-state index in [1.165, 1.54) is 17.0 Å². The zero-order valence-electron chi connectivity index (χ0n) is 17.8. The molecule has 1 aromatic rings. The van der Waals surface area contributed by atoms with E-state index in [0.717, 1.165) is 30.2 Å². The van der Waals surface area contributed by atoms with Gasteiger partial charge in [0.05, 0.1) is 18.8 Å². The van der Waals surface area contributed by atoms with Gasteiger partial charge in [-0.25, -0.2) is 17.6 Å². The Labute approximate surface area is 188 Å². The number of morpholine rings is 1. The van der Waals surface area contributed by atoms with Crippen molar-refractivity contribution in [3.05, 3.63) is 23.8 Å². The first kappa shape index (κ1) is 24.9. The van der Waals surface area contributed by atoms with E-state index in [-0.39, 0.29) is 43.6 Å². The quantitative estimate of drug-likeness (QED) is 0.400. The second kappa shape index (κ2) is 10.9.